The third kappa shape index (κ3) is 17.1. The van der Waals surface area contributed by atoms with E-state index in [1.807, 2.05) is 39.0 Å². The number of aromatic amines is 1. The molecule has 5 N–H and O–H groups in total. The van der Waals surface area contributed by atoms with Crippen LogP contribution in [0.2, 0.25) is 0 Å². The van der Waals surface area contributed by atoms with Crippen molar-refractivity contribution in [3.63, 3.8) is 0 Å². The number of hydrogen-bond donors (Lipinski definition) is 5. The number of hydrogen-bond acceptors (Lipinski definition) is 15. The number of likely N-dealkylation sites (tertiary alicyclic amines) is 1. The van der Waals surface area contributed by atoms with Gasteiger partial charge in [-0.3, -0.25) is 34.3 Å². The number of rotatable bonds is 29. The van der Waals surface area contributed by atoms with Crippen LogP contribution < -0.4 is 26.0 Å². The molecule has 1 atom stereocenters. The van der Waals surface area contributed by atoms with Gasteiger partial charge in [0.05, 0.1) is 33.0 Å². The summed E-state index contributed by atoms with van der Waals surface area (Å²) in [6.45, 7) is 9.95. The summed E-state index contributed by atoms with van der Waals surface area (Å²) in [5, 5.41) is 20.7. The summed E-state index contributed by atoms with van der Waals surface area (Å²) >= 11 is 0. The van der Waals surface area contributed by atoms with Crippen molar-refractivity contribution >= 4 is 47.0 Å². The molecule has 0 spiro atoms. The Hall–Kier alpha value is -7.82. The molecule has 3 aliphatic rings. The van der Waals surface area contributed by atoms with E-state index in [4.69, 9.17) is 23.7 Å². The number of amides is 6. The topological polar surface area (TPSA) is 258 Å². The molecule has 6 amide bonds. The number of pyridine rings is 1. The zero-order chi connectivity index (χ0) is 57.9. The van der Waals surface area contributed by atoms with Crippen LogP contribution >= 0.6 is 0 Å². The van der Waals surface area contributed by atoms with Crippen LogP contribution in [0.15, 0.2) is 85.2 Å². The highest BCUT2D eigenvalue weighted by Crippen LogP contribution is 2.37. The fourth-order valence-electron chi connectivity index (χ4n) is 9.98. The Morgan fingerprint density at radius 1 is 0.793 bits per heavy atom. The standard InChI is InChI=1S/C60H75FN10O11/c1-59(2,3)82-58(77)70-28-24-60(25-29-70,57-66-53(68-69-57)41-22-26-62-27-23-41)67-44-14-11-13-42(37-44)54(74)63-39-43-38-45(18-19-48(43)61)81-32-10-5-4-8-30-78-33-35-80-36-34-79-31-9-6-7-17-51(72)64-49-16-12-15-46-47(49)40-71(56(46)76)50-20-21-52(73)65-55(50)75/h11-16,18-19,22-23,26-27,37-38,50,67H,4-10,17,20-21,24-25,28-36,39-40H2,1-3H3,(H,63,74)(H,64,72)(H,65,73,75)(H,66,68,69). The van der Waals surface area contributed by atoms with E-state index in [9.17, 15) is 33.2 Å². The minimum Gasteiger partial charge on any atom is -0.494 e. The van der Waals surface area contributed by atoms with Crippen LogP contribution in [0.4, 0.5) is 20.6 Å². The molecular formula is C60H75FN10O11. The fourth-order valence-corrected chi connectivity index (χ4v) is 9.98. The van der Waals surface area contributed by atoms with Crippen molar-refractivity contribution in [2.75, 3.05) is 70.0 Å². The number of anilines is 2. The van der Waals surface area contributed by atoms with Gasteiger partial charge >= 0.3 is 6.09 Å². The number of benzene rings is 3. The van der Waals surface area contributed by atoms with Gasteiger partial charge in [0.15, 0.2) is 11.6 Å². The van der Waals surface area contributed by atoms with E-state index in [1.54, 1.807) is 65.8 Å². The molecular weight excluding hydrogens is 1060 g/mol. The summed E-state index contributed by atoms with van der Waals surface area (Å²) in [6, 6.07) is 19.7. The first-order chi connectivity index (χ1) is 39.6. The number of H-pyrrole nitrogens is 1. The lowest BCUT2D eigenvalue weighted by Crippen LogP contribution is -2.52. The molecule has 82 heavy (non-hydrogen) atoms. The number of carbonyl (C=O) groups is 6. The lowest BCUT2D eigenvalue weighted by Gasteiger charge is -2.41. The number of fused-ring (bicyclic) bond motifs is 1. The summed E-state index contributed by atoms with van der Waals surface area (Å²) in [5.74, 6) is -0.405. The van der Waals surface area contributed by atoms with Gasteiger partial charge in [0, 0.05) is 104 Å². The van der Waals surface area contributed by atoms with E-state index in [1.165, 1.54) is 11.0 Å². The summed E-state index contributed by atoms with van der Waals surface area (Å²) in [6.07, 6.45) is 10.6. The number of imide groups is 1. The Labute approximate surface area is 477 Å². The summed E-state index contributed by atoms with van der Waals surface area (Å²) < 4.78 is 43.6. The molecule has 8 rings (SSSR count). The lowest BCUT2D eigenvalue weighted by molar-refractivity contribution is -0.137. The minimum atomic E-state index is -0.771. The second-order valence-corrected chi connectivity index (χ2v) is 21.6. The maximum atomic E-state index is 15.0. The van der Waals surface area contributed by atoms with Crippen molar-refractivity contribution in [1.29, 1.82) is 0 Å². The van der Waals surface area contributed by atoms with Crippen LogP contribution in [0.25, 0.3) is 11.4 Å². The molecule has 5 heterocycles. The number of unbranched alkanes of at least 4 members (excludes halogenated alkanes) is 5. The van der Waals surface area contributed by atoms with Crippen LogP contribution in [-0.2, 0) is 52.0 Å². The Balaban J connectivity index is 0.649. The number of ether oxygens (including phenoxy) is 5. The van der Waals surface area contributed by atoms with Crippen LogP contribution in [0, 0.1) is 5.82 Å². The molecule has 21 nitrogen and oxygen atoms in total. The highest BCUT2D eigenvalue weighted by molar-refractivity contribution is 6.07. The van der Waals surface area contributed by atoms with Gasteiger partial charge < -0.3 is 54.4 Å². The third-order valence-electron chi connectivity index (χ3n) is 14.4. The van der Waals surface area contributed by atoms with E-state index >= 15 is 0 Å². The molecule has 0 aliphatic carbocycles. The number of carbonyl (C=O) groups excluding carboxylic acids is 6. The Morgan fingerprint density at radius 2 is 1.49 bits per heavy atom. The first-order valence-electron chi connectivity index (χ1n) is 28.3. The molecule has 3 aliphatic heterocycles. The molecule has 3 aromatic carbocycles. The Morgan fingerprint density at radius 3 is 2.21 bits per heavy atom. The normalized spacial score (nSPS) is 15.9. The quantitative estimate of drug-likeness (QED) is 0.0223. The van der Waals surface area contributed by atoms with Gasteiger partial charge in [-0.05, 0) is 133 Å². The van der Waals surface area contributed by atoms with Gasteiger partial charge in [0.1, 0.15) is 28.7 Å². The highest BCUT2D eigenvalue weighted by atomic mass is 19.1. The molecule has 438 valence electrons. The zero-order valence-electron chi connectivity index (χ0n) is 47.0. The van der Waals surface area contributed by atoms with Gasteiger partial charge in [0.2, 0.25) is 17.7 Å². The number of nitrogens with one attached hydrogen (secondary N) is 5. The first kappa shape index (κ1) is 60.3. The van der Waals surface area contributed by atoms with E-state index < -0.39 is 28.9 Å². The van der Waals surface area contributed by atoms with Crippen molar-refractivity contribution in [1.82, 2.24) is 40.6 Å². The Bertz CT molecular complexity index is 2980. The highest BCUT2D eigenvalue weighted by Gasteiger charge is 2.42. The Kier molecular flexibility index (Phi) is 21.5. The number of nitrogens with zero attached hydrogens (tertiary/aromatic N) is 5. The van der Waals surface area contributed by atoms with Crippen molar-refractivity contribution in [3.05, 3.63) is 119 Å². The average molecular weight is 1130 g/mol. The van der Waals surface area contributed by atoms with Gasteiger partial charge in [-0.25, -0.2) is 9.18 Å². The SMILES string of the molecule is CC(C)(C)OC(=O)N1CCC(Nc2cccc(C(=O)NCc3cc(OCCCCCCOCCOCCOCCCCCC(=O)Nc4cccc5c4CN(C4CCC(=O)NC4=O)C5=O)ccc3F)c2)(c2nnc(-c3ccncc3)[nH]2)CC1. The fraction of sp³-hybridized carbons (Fsp3) is 0.483. The minimum absolute atomic E-state index is 0.0467. The van der Waals surface area contributed by atoms with Crippen LogP contribution in [0.1, 0.15) is 135 Å². The maximum absolute atomic E-state index is 15.0. The number of piperidine rings is 2. The van der Waals surface area contributed by atoms with E-state index in [0.717, 1.165) is 44.1 Å². The predicted molar refractivity (Wildman–Crippen MR) is 302 cm³/mol. The lowest BCUT2D eigenvalue weighted by atomic mass is 9.86. The summed E-state index contributed by atoms with van der Waals surface area (Å²) in [4.78, 5) is 87.0. The smallest absolute Gasteiger partial charge is 0.410 e. The van der Waals surface area contributed by atoms with Gasteiger partial charge in [-0.2, -0.15) is 0 Å². The first-order valence-corrected chi connectivity index (χ1v) is 28.3. The van der Waals surface area contributed by atoms with Gasteiger partial charge in [0.25, 0.3) is 11.8 Å². The van der Waals surface area contributed by atoms with Gasteiger partial charge in [-0.1, -0.05) is 25.0 Å². The molecule has 5 aromatic rings. The second kappa shape index (κ2) is 29.2. The summed E-state index contributed by atoms with van der Waals surface area (Å²) in [7, 11) is 0. The largest absolute Gasteiger partial charge is 0.494 e. The molecule has 1 unspecified atom stereocenters. The second-order valence-electron chi connectivity index (χ2n) is 21.6. The molecule has 2 fully saturated rings. The zero-order valence-corrected chi connectivity index (χ0v) is 47.0. The van der Waals surface area contributed by atoms with E-state index in [2.05, 4.69) is 41.4 Å². The predicted octanol–water partition coefficient (Wildman–Crippen LogP) is 8.22. The van der Waals surface area contributed by atoms with E-state index in [-0.39, 0.29) is 55.7 Å². The van der Waals surface area contributed by atoms with Crippen molar-refractivity contribution < 1.29 is 56.8 Å². The summed E-state index contributed by atoms with van der Waals surface area (Å²) in [5.41, 5.74) is 2.43. The van der Waals surface area contributed by atoms with Gasteiger partial charge in [-0.15, -0.1) is 10.2 Å². The molecule has 2 saturated heterocycles. The molecule has 0 radical (unpaired) electrons. The average Bonchev–Trinajstić information content (AvgIpc) is 4.28. The maximum Gasteiger partial charge on any atom is 0.410 e. The third-order valence-corrected chi connectivity index (χ3v) is 14.4. The number of halogens is 1. The van der Waals surface area contributed by atoms with Crippen molar-refractivity contribution in [2.45, 2.75) is 128 Å². The molecule has 0 saturated carbocycles. The van der Waals surface area contributed by atoms with E-state index in [0.29, 0.717) is 136 Å². The van der Waals surface area contributed by atoms with Crippen LogP contribution in [0.5, 0.6) is 5.75 Å². The van der Waals surface area contributed by atoms with Crippen molar-refractivity contribution in [3.8, 4) is 17.1 Å². The molecule has 2 aromatic heterocycles. The van der Waals surface area contributed by atoms with Crippen LogP contribution in [0.3, 0.4) is 0 Å². The molecule has 22 heteroatoms. The number of aromatic nitrogens is 4. The van der Waals surface area contributed by atoms with Crippen molar-refractivity contribution in [2.24, 2.45) is 0 Å². The molecule has 0 bridgehead atoms. The monoisotopic (exact) mass is 1130 g/mol. The van der Waals surface area contributed by atoms with Crippen LogP contribution in [-0.4, -0.2) is 137 Å².